The van der Waals surface area contributed by atoms with Crippen LogP contribution in [-0.2, 0) is 11.2 Å². The molecule has 3 aromatic heterocycles. The summed E-state index contributed by atoms with van der Waals surface area (Å²) in [6, 6.07) is 9.01. The lowest BCUT2D eigenvalue weighted by molar-refractivity contribution is -0.115. The van der Waals surface area contributed by atoms with Crippen molar-refractivity contribution in [3.8, 4) is 0 Å². The standard InChI is InChI=1S/C21H20N6O2S/c1-12-9-15(30-21-22-7-4-8-23-21)5-6-17(12)25-19(28)10-16-13(2)24-18-11-20(29)26-27(18)14(16)3/h4-9,11H,10H2,1-3H3,(H,25,28)(H,26,29). The molecule has 0 saturated carbocycles. The average Bonchev–Trinajstić information content (AvgIpc) is 3.08. The summed E-state index contributed by atoms with van der Waals surface area (Å²) in [6.07, 6.45) is 3.57. The summed E-state index contributed by atoms with van der Waals surface area (Å²) in [6.45, 7) is 5.65. The third kappa shape index (κ3) is 4.11. The van der Waals surface area contributed by atoms with Crippen LogP contribution in [0.1, 0.15) is 22.5 Å². The van der Waals surface area contributed by atoms with Crippen molar-refractivity contribution in [2.24, 2.45) is 0 Å². The highest BCUT2D eigenvalue weighted by Gasteiger charge is 2.15. The van der Waals surface area contributed by atoms with Crippen molar-refractivity contribution < 1.29 is 4.79 Å². The molecule has 2 N–H and O–H groups in total. The zero-order valence-corrected chi connectivity index (χ0v) is 17.6. The Bertz CT molecular complexity index is 1300. The molecular weight excluding hydrogens is 400 g/mol. The van der Waals surface area contributed by atoms with E-state index >= 15 is 0 Å². The van der Waals surface area contributed by atoms with Crippen LogP contribution in [0.5, 0.6) is 0 Å². The van der Waals surface area contributed by atoms with Crippen LogP contribution in [-0.4, -0.2) is 30.5 Å². The first kappa shape index (κ1) is 19.8. The van der Waals surface area contributed by atoms with Crippen LogP contribution in [0.4, 0.5) is 5.69 Å². The first-order chi connectivity index (χ1) is 14.4. The van der Waals surface area contributed by atoms with Gasteiger partial charge in [0.05, 0.1) is 6.42 Å². The first-order valence-electron chi connectivity index (χ1n) is 9.34. The molecule has 0 saturated heterocycles. The minimum Gasteiger partial charge on any atom is -0.326 e. The minimum absolute atomic E-state index is 0.147. The van der Waals surface area contributed by atoms with E-state index in [0.29, 0.717) is 10.8 Å². The van der Waals surface area contributed by atoms with Gasteiger partial charge in [-0.1, -0.05) is 0 Å². The van der Waals surface area contributed by atoms with Gasteiger partial charge in [0, 0.05) is 46.0 Å². The Morgan fingerprint density at radius 3 is 2.67 bits per heavy atom. The maximum atomic E-state index is 12.7. The number of aryl methyl sites for hydroxylation is 3. The van der Waals surface area contributed by atoms with Crippen molar-refractivity contribution in [1.29, 1.82) is 0 Å². The molecule has 0 aliphatic rings. The number of fused-ring (bicyclic) bond motifs is 1. The fourth-order valence-electron chi connectivity index (χ4n) is 3.25. The Hall–Kier alpha value is -3.46. The number of hydrogen-bond donors (Lipinski definition) is 2. The number of amides is 1. The number of carbonyl (C=O) groups excluding carboxylic acids is 1. The second-order valence-electron chi connectivity index (χ2n) is 6.91. The van der Waals surface area contributed by atoms with Gasteiger partial charge in [0.15, 0.2) is 10.8 Å². The molecule has 1 aromatic carbocycles. The quantitative estimate of drug-likeness (QED) is 0.481. The van der Waals surface area contributed by atoms with Gasteiger partial charge < -0.3 is 5.32 Å². The van der Waals surface area contributed by atoms with Crippen LogP contribution < -0.4 is 10.9 Å². The summed E-state index contributed by atoms with van der Waals surface area (Å²) in [5.74, 6) is -0.147. The predicted molar refractivity (Wildman–Crippen MR) is 115 cm³/mol. The molecule has 30 heavy (non-hydrogen) atoms. The van der Waals surface area contributed by atoms with Gasteiger partial charge in [0.2, 0.25) is 5.91 Å². The molecule has 0 aliphatic carbocycles. The molecule has 0 unspecified atom stereocenters. The van der Waals surface area contributed by atoms with Crippen LogP contribution >= 0.6 is 11.8 Å². The third-order valence-electron chi connectivity index (χ3n) is 4.76. The molecule has 0 aliphatic heterocycles. The van der Waals surface area contributed by atoms with Crippen LogP contribution in [0.15, 0.2) is 57.6 Å². The van der Waals surface area contributed by atoms with Crippen molar-refractivity contribution in [3.63, 3.8) is 0 Å². The molecule has 152 valence electrons. The van der Waals surface area contributed by atoms with Gasteiger partial charge >= 0.3 is 0 Å². The topological polar surface area (TPSA) is 105 Å². The Labute approximate surface area is 176 Å². The molecule has 1 amide bonds. The van der Waals surface area contributed by atoms with E-state index in [-0.39, 0.29) is 17.9 Å². The number of rotatable bonds is 5. The van der Waals surface area contributed by atoms with Gasteiger partial charge in [-0.2, -0.15) is 0 Å². The zero-order chi connectivity index (χ0) is 21.3. The zero-order valence-electron chi connectivity index (χ0n) is 16.8. The van der Waals surface area contributed by atoms with Crippen molar-refractivity contribution in [3.05, 3.63) is 75.6 Å². The van der Waals surface area contributed by atoms with Gasteiger partial charge in [-0.15, -0.1) is 0 Å². The number of aromatic amines is 1. The van der Waals surface area contributed by atoms with Crippen molar-refractivity contribution in [2.45, 2.75) is 37.2 Å². The third-order valence-corrected chi connectivity index (χ3v) is 5.65. The minimum atomic E-state index is -0.221. The second-order valence-corrected chi connectivity index (χ2v) is 7.95. The molecule has 9 heteroatoms. The fourth-order valence-corrected chi connectivity index (χ4v) is 4.06. The maximum Gasteiger partial charge on any atom is 0.266 e. The number of anilines is 1. The highest BCUT2D eigenvalue weighted by Crippen LogP contribution is 2.28. The van der Waals surface area contributed by atoms with E-state index in [1.165, 1.54) is 17.8 Å². The SMILES string of the molecule is Cc1cc(Sc2ncccn2)ccc1NC(=O)Cc1c(C)nc2cc(=O)[nH]n2c1C. The fraction of sp³-hybridized carbons (Fsp3) is 0.190. The van der Waals surface area contributed by atoms with Crippen LogP contribution in [0.2, 0.25) is 0 Å². The number of carbonyl (C=O) groups is 1. The average molecular weight is 420 g/mol. The molecule has 4 aromatic rings. The number of hydrogen-bond acceptors (Lipinski definition) is 6. The largest absolute Gasteiger partial charge is 0.326 e. The first-order valence-corrected chi connectivity index (χ1v) is 10.2. The molecule has 3 heterocycles. The van der Waals surface area contributed by atoms with Crippen LogP contribution in [0.25, 0.3) is 5.65 Å². The van der Waals surface area contributed by atoms with Gasteiger partial charge in [0.1, 0.15) is 0 Å². The van der Waals surface area contributed by atoms with Gasteiger partial charge in [-0.05, 0) is 62.4 Å². The smallest absolute Gasteiger partial charge is 0.266 e. The Morgan fingerprint density at radius 2 is 1.93 bits per heavy atom. The van der Waals surface area contributed by atoms with Crippen molar-refractivity contribution >= 4 is 29.0 Å². The summed E-state index contributed by atoms with van der Waals surface area (Å²) in [5.41, 5.74) is 4.33. The van der Waals surface area contributed by atoms with Gasteiger partial charge in [-0.25, -0.2) is 19.5 Å². The molecule has 0 atom stereocenters. The molecule has 0 spiro atoms. The summed E-state index contributed by atoms with van der Waals surface area (Å²) in [7, 11) is 0. The van der Waals surface area contributed by atoms with E-state index in [1.807, 2.05) is 39.0 Å². The Kier molecular flexibility index (Phi) is 5.37. The molecule has 8 nitrogen and oxygen atoms in total. The van der Waals surface area contributed by atoms with Crippen molar-refractivity contribution in [1.82, 2.24) is 24.6 Å². The molecule has 0 bridgehead atoms. The maximum absolute atomic E-state index is 12.7. The molecular formula is C21H20N6O2S. The normalized spacial score (nSPS) is 11.0. The molecule has 4 rings (SSSR count). The Morgan fingerprint density at radius 1 is 1.17 bits per heavy atom. The molecule has 0 radical (unpaired) electrons. The van der Waals surface area contributed by atoms with Crippen LogP contribution in [0.3, 0.4) is 0 Å². The van der Waals surface area contributed by atoms with Gasteiger partial charge in [-0.3, -0.25) is 14.7 Å². The van der Waals surface area contributed by atoms with E-state index in [2.05, 4.69) is 25.4 Å². The monoisotopic (exact) mass is 420 g/mol. The number of aromatic nitrogens is 5. The lowest BCUT2D eigenvalue weighted by Gasteiger charge is -2.13. The lowest BCUT2D eigenvalue weighted by atomic mass is 10.1. The van der Waals surface area contributed by atoms with Gasteiger partial charge in [0.25, 0.3) is 5.56 Å². The summed E-state index contributed by atoms with van der Waals surface area (Å²) >= 11 is 1.46. The van der Waals surface area contributed by atoms with E-state index in [0.717, 1.165) is 33.1 Å². The van der Waals surface area contributed by atoms with Crippen LogP contribution in [0, 0.1) is 20.8 Å². The van der Waals surface area contributed by atoms with E-state index in [4.69, 9.17) is 0 Å². The molecule has 0 fully saturated rings. The summed E-state index contributed by atoms with van der Waals surface area (Å²) in [4.78, 5) is 38.2. The Balaban J connectivity index is 1.50. The number of H-pyrrole nitrogens is 1. The highest BCUT2D eigenvalue weighted by atomic mass is 32.2. The van der Waals surface area contributed by atoms with E-state index in [9.17, 15) is 9.59 Å². The number of nitrogens with one attached hydrogen (secondary N) is 2. The van der Waals surface area contributed by atoms with Crippen molar-refractivity contribution in [2.75, 3.05) is 5.32 Å². The highest BCUT2D eigenvalue weighted by molar-refractivity contribution is 7.99. The van der Waals surface area contributed by atoms with E-state index in [1.54, 1.807) is 23.0 Å². The van der Waals surface area contributed by atoms with E-state index < -0.39 is 0 Å². The lowest BCUT2D eigenvalue weighted by Crippen LogP contribution is -2.18. The second kappa shape index (κ2) is 8.11. The number of nitrogens with zero attached hydrogens (tertiary/aromatic N) is 4. The predicted octanol–water partition coefficient (Wildman–Crippen LogP) is 3.07. The summed E-state index contributed by atoms with van der Waals surface area (Å²) in [5, 5.41) is 6.35. The number of benzene rings is 1. The summed E-state index contributed by atoms with van der Waals surface area (Å²) < 4.78 is 1.61.